The van der Waals surface area contributed by atoms with Gasteiger partial charge in [-0.05, 0) is 12.5 Å². The van der Waals surface area contributed by atoms with Crippen molar-refractivity contribution in [2.45, 2.75) is 12.8 Å². The SMILES string of the molecule is COC(=O)c1c(C)nc(CCl)c(C(=O)OC)c1-c1cccc([N+](=O)[O-])c1. The fourth-order valence-corrected chi connectivity index (χ4v) is 2.79. The van der Waals surface area contributed by atoms with E-state index in [-0.39, 0.29) is 45.2 Å². The number of alkyl halides is 1. The quantitative estimate of drug-likeness (QED) is 0.340. The van der Waals surface area contributed by atoms with E-state index in [2.05, 4.69) is 4.98 Å². The Labute approximate surface area is 153 Å². The van der Waals surface area contributed by atoms with Crippen molar-refractivity contribution in [2.24, 2.45) is 0 Å². The molecule has 0 N–H and O–H groups in total. The smallest absolute Gasteiger partial charge is 0.340 e. The molecule has 9 heteroatoms. The number of aromatic nitrogens is 1. The molecule has 0 spiro atoms. The lowest BCUT2D eigenvalue weighted by atomic mass is 9.92. The van der Waals surface area contributed by atoms with Gasteiger partial charge in [0.1, 0.15) is 0 Å². The number of benzene rings is 1. The van der Waals surface area contributed by atoms with Gasteiger partial charge in [0.15, 0.2) is 0 Å². The van der Waals surface area contributed by atoms with Gasteiger partial charge in [0.2, 0.25) is 0 Å². The largest absolute Gasteiger partial charge is 0.465 e. The fourth-order valence-electron chi connectivity index (χ4n) is 2.60. The van der Waals surface area contributed by atoms with Crippen LogP contribution in [0.4, 0.5) is 5.69 Å². The molecule has 1 heterocycles. The molecule has 0 saturated heterocycles. The number of ether oxygens (including phenoxy) is 2. The number of methoxy groups -OCH3 is 2. The Morgan fingerprint density at radius 2 is 1.81 bits per heavy atom. The summed E-state index contributed by atoms with van der Waals surface area (Å²) in [5.41, 5.74) is 0.673. The molecule has 2 rings (SSSR count). The zero-order valence-corrected chi connectivity index (χ0v) is 15.0. The minimum atomic E-state index is -0.764. The molecule has 0 bridgehead atoms. The number of nitro groups is 1. The van der Waals surface area contributed by atoms with E-state index in [1.165, 1.54) is 32.4 Å². The molecule has 1 aromatic carbocycles. The third-order valence-corrected chi connectivity index (χ3v) is 3.96. The van der Waals surface area contributed by atoms with E-state index in [0.29, 0.717) is 0 Å². The van der Waals surface area contributed by atoms with Crippen LogP contribution in [0.2, 0.25) is 0 Å². The van der Waals surface area contributed by atoms with Crippen molar-refractivity contribution in [3.63, 3.8) is 0 Å². The van der Waals surface area contributed by atoms with Gasteiger partial charge in [-0.15, -0.1) is 11.6 Å². The summed E-state index contributed by atoms with van der Waals surface area (Å²) in [6, 6.07) is 5.55. The predicted octanol–water partition coefficient (Wildman–Crippen LogP) is 3.28. The summed E-state index contributed by atoms with van der Waals surface area (Å²) in [6.07, 6.45) is 0. The molecular weight excluding hydrogens is 364 g/mol. The van der Waals surface area contributed by atoms with E-state index >= 15 is 0 Å². The average molecular weight is 379 g/mol. The Balaban J connectivity index is 2.97. The Kier molecular flexibility index (Phi) is 5.89. The lowest BCUT2D eigenvalue weighted by molar-refractivity contribution is -0.384. The molecule has 0 fully saturated rings. The molecule has 26 heavy (non-hydrogen) atoms. The first-order chi connectivity index (χ1) is 12.3. The summed E-state index contributed by atoms with van der Waals surface area (Å²) in [7, 11) is 2.36. The zero-order valence-electron chi connectivity index (χ0n) is 14.2. The number of rotatable bonds is 5. The topological polar surface area (TPSA) is 109 Å². The molecule has 0 saturated carbocycles. The number of halogens is 1. The number of esters is 2. The lowest BCUT2D eigenvalue weighted by Crippen LogP contribution is -2.17. The number of carbonyl (C=O) groups is 2. The number of pyridine rings is 1. The first-order valence-electron chi connectivity index (χ1n) is 7.36. The van der Waals surface area contributed by atoms with Gasteiger partial charge in [-0.2, -0.15) is 0 Å². The van der Waals surface area contributed by atoms with Crippen LogP contribution >= 0.6 is 11.6 Å². The summed E-state index contributed by atoms with van der Waals surface area (Å²) in [4.78, 5) is 39.4. The first kappa shape index (κ1) is 19.3. The molecule has 8 nitrogen and oxygen atoms in total. The monoisotopic (exact) mass is 378 g/mol. The standard InChI is InChI=1S/C17H15ClN2O6/c1-9-13(16(21)25-2)14(10-5-4-6-11(7-10)20(23)24)15(17(22)26-3)12(8-18)19-9/h4-7H,8H2,1-3H3. The van der Waals surface area contributed by atoms with Gasteiger partial charge >= 0.3 is 11.9 Å². The molecule has 136 valence electrons. The highest BCUT2D eigenvalue weighted by Gasteiger charge is 2.28. The molecule has 1 aromatic heterocycles. The predicted molar refractivity (Wildman–Crippen MR) is 93.3 cm³/mol. The molecule has 0 radical (unpaired) electrons. The van der Waals surface area contributed by atoms with E-state index in [4.69, 9.17) is 21.1 Å². The maximum absolute atomic E-state index is 12.4. The second kappa shape index (κ2) is 7.92. The van der Waals surface area contributed by atoms with Crippen LogP contribution in [0.15, 0.2) is 24.3 Å². The van der Waals surface area contributed by atoms with Crippen LogP contribution in [0.25, 0.3) is 11.1 Å². The first-order valence-corrected chi connectivity index (χ1v) is 7.90. The van der Waals surface area contributed by atoms with Crippen molar-refractivity contribution in [3.8, 4) is 11.1 Å². The highest BCUT2D eigenvalue weighted by molar-refractivity contribution is 6.18. The van der Waals surface area contributed by atoms with Crippen molar-refractivity contribution in [1.29, 1.82) is 0 Å². The van der Waals surface area contributed by atoms with Crippen molar-refractivity contribution in [1.82, 2.24) is 4.98 Å². The second-order valence-electron chi connectivity index (χ2n) is 5.19. The maximum atomic E-state index is 12.4. The third kappa shape index (κ3) is 3.50. The van der Waals surface area contributed by atoms with Crippen molar-refractivity contribution >= 4 is 29.2 Å². The third-order valence-electron chi connectivity index (χ3n) is 3.70. The van der Waals surface area contributed by atoms with Gasteiger partial charge in [0, 0.05) is 17.7 Å². The number of non-ortho nitro benzene ring substituents is 1. The van der Waals surface area contributed by atoms with Gasteiger partial charge in [0.05, 0.1) is 47.5 Å². The average Bonchev–Trinajstić information content (AvgIpc) is 2.65. The minimum absolute atomic E-state index is 0.0160. The molecule has 0 aliphatic carbocycles. The molecule has 0 aliphatic heterocycles. The molecule has 0 unspecified atom stereocenters. The maximum Gasteiger partial charge on any atom is 0.340 e. The molecular formula is C17H15ClN2O6. The van der Waals surface area contributed by atoms with E-state index in [0.717, 1.165) is 0 Å². The Morgan fingerprint density at radius 1 is 1.19 bits per heavy atom. The Morgan fingerprint density at radius 3 is 2.35 bits per heavy atom. The van der Waals surface area contributed by atoms with E-state index in [9.17, 15) is 19.7 Å². The van der Waals surface area contributed by atoms with Crippen molar-refractivity contribution in [2.75, 3.05) is 14.2 Å². The minimum Gasteiger partial charge on any atom is -0.465 e. The van der Waals surface area contributed by atoms with Crippen LogP contribution in [0.1, 0.15) is 32.1 Å². The lowest BCUT2D eigenvalue weighted by Gasteiger charge is -2.17. The van der Waals surface area contributed by atoms with Crippen LogP contribution in [-0.4, -0.2) is 36.1 Å². The normalized spacial score (nSPS) is 10.3. The van der Waals surface area contributed by atoms with E-state index < -0.39 is 16.9 Å². The Hall–Kier alpha value is -3.00. The summed E-state index contributed by atoms with van der Waals surface area (Å²) in [5, 5.41) is 11.1. The molecule has 2 aromatic rings. The van der Waals surface area contributed by atoms with Crippen LogP contribution in [0.5, 0.6) is 0 Å². The second-order valence-corrected chi connectivity index (χ2v) is 5.46. The summed E-state index contributed by atoms with van der Waals surface area (Å²) >= 11 is 5.92. The van der Waals surface area contributed by atoms with Crippen molar-refractivity contribution in [3.05, 3.63) is 56.9 Å². The molecule has 0 atom stereocenters. The number of nitro benzene ring substituents is 1. The van der Waals surface area contributed by atoms with Gasteiger partial charge in [0.25, 0.3) is 5.69 Å². The van der Waals surface area contributed by atoms with Crippen LogP contribution in [-0.2, 0) is 15.4 Å². The van der Waals surface area contributed by atoms with Gasteiger partial charge in [-0.25, -0.2) is 9.59 Å². The fraction of sp³-hybridized carbons (Fsp3) is 0.235. The van der Waals surface area contributed by atoms with Crippen molar-refractivity contribution < 1.29 is 24.0 Å². The summed E-state index contributed by atoms with van der Waals surface area (Å²) in [6.45, 7) is 1.56. The number of hydrogen-bond donors (Lipinski definition) is 0. The summed E-state index contributed by atoms with van der Waals surface area (Å²) in [5.74, 6) is -1.61. The number of aryl methyl sites for hydroxylation is 1. The zero-order chi connectivity index (χ0) is 19.4. The van der Waals surface area contributed by atoms with Gasteiger partial charge < -0.3 is 9.47 Å². The highest BCUT2D eigenvalue weighted by Crippen LogP contribution is 2.34. The Bertz CT molecular complexity index is 897. The van der Waals surface area contributed by atoms with E-state index in [1.54, 1.807) is 13.0 Å². The van der Waals surface area contributed by atoms with Crippen LogP contribution in [0, 0.1) is 17.0 Å². The highest BCUT2D eigenvalue weighted by atomic mass is 35.5. The summed E-state index contributed by atoms with van der Waals surface area (Å²) < 4.78 is 9.60. The molecule has 0 amide bonds. The van der Waals surface area contributed by atoms with Crippen LogP contribution < -0.4 is 0 Å². The van der Waals surface area contributed by atoms with Gasteiger partial charge in [-0.3, -0.25) is 15.1 Å². The van der Waals surface area contributed by atoms with Crippen LogP contribution in [0.3, 0.4) is 0 Å². The number of nitrogens with zero attached hydrogens (tertiary/aromatic N) is 2. The number of hydrogen-bond acceptors (Lipinski definition) is 7. The molecule has 0 aliphatic rings. The van der Waals surface area contributed by atoms with E-state index in [1.807, 2.05) is 0 Å². The number of carbonyl (C=O) groups excluding carboxylic acids is 2. The van der Waals surface area contributed by atoms with Gasteiger partial charge in [-0.1, -0.05) is 12.1 Å².